The first-order valence-corrected chi connectivity index (χ1v) is 9.29. The standard InChI is InChI=1S/C18H18FN3O3S/c1-22-12-11-20-18(22)17(13-7-9-14(25-2)10-8-13)21-26(23,24)16-6-4-3-5-15(16)19/h3-12,17,21H,1-2H3. The molecular weight excluding hydrogens is 357 g/mol. The van der Waals surface area contributed by atoms with Gasteiger partial charge in [-0.1, -0.05) is 24.3 Å². The molecule has 0 saturated heterocycles. The van der Waals surface area contributed by atoms with Crippen LogP contribution in [0, 0.1) is 5.82 Å². The van der Waals surface area contributed by atoms with Gasteiger partial charge in [-0.25, -0.2) is 17.8 Å². The van der Waals surface area contributed by atoms with Crippen molar-refractivity contribution in [3.05, 3.63) is 78.1 Å². The molecule has 6 nitrogen and oxygen atoms in total. The lowest BCUT2D eigenvalue weighted by Gasteiger charge is -2.19. The Balaban J connectivity index is 2.04. The Labute approximate surface area is 151 Å². The summed E-state index contributed by atoms with van der Waals surface area (Å²) in [7, 11) is -0.798. The molecule has 136 valence electrons. The second kappa shape index (κ2) is 7.27. The van der Waals surface area contributed by atoms with Crippen LogP contribution < -0.4 is 9.46 Å². The molecule has 1 heterocycles. The van der Waals surface area contributed by atoms with Gasteiger partial charge in [-0.15, -0.1) is 0 Å². The lowest BCUT2D eigenvalue weighted by Crippen LogP contribution is -2.31. The molecule has 26 heavy (non-hydrogen) atoms. The Hall–Kier alpha value is -2.71. The molecule has 1 N–H and O–H groups in total. The molecule has 0 aliphatic heterocycles. The molecular formula is C18H18FN3O3S. The van der Waals surface area contributed by atoms with E-state index in [1.165, 1.54) is 18.2 Å². The number of nitrogens with one attached hydrogen (secondary N) is 1. The summed E-state index contributed by atoms with van der Waals surface area (Å²) in [6, 6.07) is 11.4. The molecule has 0 radical (unpaired) electrons. The third-order valence-corrected chi connectivity index (χ3v) is 5.42. The second-order valence-electron chi connectivity index (χ2n) is 5.65. The molecule has 0 saturated carbocycles. The first-order chi connectivity index (χ1) is 12.4. The zero-order valence-corrected chi connectivity index (χ0v) is 15.1. The maximum Gasteiger partial charge on any atom is 0.244 e. The number of ether oxygens (including phenoxy) is 1. The first kappa shape index (κ1) is 18.1. The molecule has 0 bridgehead atoms. The normalized spacial score (nSPS) is 12.7. The molecule has 1 atom stereocenters. The van der Waals surface area contributed by atoms with E-state index in [2.05, 4.69) is 9.71 Å². The topological polar surface area (TPSA) is 73.2 Å². The lowest BCUT2D eigenvalue weighted by molar-refractivity contribution is 0.414. The minimum absolute atomic E-state index is 0.410. The van der Waals surface area contributed by atoms with Gasteiger partial charge in [0, 0.05) is 19.4 Å². The Morgan fingerprint density at radius 1 is 1.15 bits per heavy atom. The smallest absolute Gasteiger partial charge is 0.244 e. The zero-order valence-electron chi connectivity index (χ0n) is 14.3. The molecule has 0 aliphatic rings. The molecule has 3 aromatic rings. The Morgan fingerprint density at radius 3 is 2.42 bits per heavy atom. The molecule has 0 spiro atoms. The highest BCUT2D eigenvalue weighted by atomic mass is 32.2. The number of rotatable bonds is 6. The van der Waals surface area contributed by atoms with Crippen molar-refractivity contribution in [1.82, 2.24) is 14.3 Å². The van der Waals surface area contributed by atoms with Crippen LogP contribution in [0.3, 0.4) is 0 Å². The maximum absolute atomic E-state index is 14.0. The van der Waals surface area contributed by atoms with E-state index >= 15 is 0 Å². The van der Waals surface area contributed by atoms with Crippen molar-refractivity contribution in [1.29, 1.82) is 0 Å². The van der Waals surface area contributed by atoms with E-state index in [9.17, 15) is 12.8 Å². The average molecular weight is 375 g/mol. The number of halogens is 1. The van der Waals surface area contributed by atoms with E-state index in [-0.39, 0.29) is 0 Å². The van der Waals surface area contributed by atoms with Crippen molar-refractivity contribution < 1.29 is 17.5 Å². The molecule has 0 aliphatic carbocycles. The number of hydrogen-bond donors (Lipinski definition) is 1. The van der Waals surface area contributed by atoms with Crippen molar-refractivity contribution in [2.45, 2.75) is 10.9 Å². The predicted octanol–water partition coefficient (Wildman–Crippen LogP) is 2.64. The van der Waals surface area contributed by atoms with Crippen LogP contribution in [0.5, 0.6) is 5.75 Å². The van der Waals surface area contributed by atoms with Crippen LogP contribution in [-0.4, -0.2) is 25.1 Å². The average Bonchev–Trinajstić information content (AvgIpc) is 3.06. The number of hydrogen-bond acceptors (Lipinski definition) is 4. The quantitative estimate of drug-likeness (QED) is 0.719. The van der Waals surface area contributed by atoms with Gasteiger partial charge >= 0.3 is 0 Å². The fourth-order valence-electron chi connectivity index (χ4n) is 2.60. The Morgan fingerprint density at radius 2 is 1.85 bits per heavy atom. The van der Waals surface area contributed by atoms with Crippen molar-refractivity contribution in [3.8, 4) is 5.75 Å². The fourth-order valence-corrected chi connectivity index (χ4v) is 3.86. The van der Waals surface area contributed by atoms with Gasteiger partial charge in [0.15, 0.2) is 0 Å². The van der Waals surface area contributed by atoms with Crippen molar-refractivity contribution in [2.75, 3.05) is 7.11 Å². The highest BCUT2D eigenvalue weighted by Gasteiger charge is 2.27. The largest absolute Gasteiger partial charge is 0.497 e. The van der Waals surface area contributed by atoms with Gasteiger partial charge in [0.2, 0.25) is 10.0 Å². The van der Waals surface area contributed by atoms with Crippen LogP contribution in [0.4, 0.5) is 4.39 Å². The molecule has 2 aromatic carbocycles. The number of aryl methyl sites for hydroxylation is 1. The minimum Gasteiger partial charge on any atom is -0.497 e. The van der Waals surface area contributed by atoms with Crippen LogP contribution >= 0.6 is 0 Å². The molecule has 0 fully saturated rings. The third-order valence-electron chi connectivity index (χ3n) is 3.96. The summed E-state index contributed by atoms with van der Waals surface area (Å²) in [6.45, 7) is 0. The van der Waals surface area contributed by atoms with E-state index in [1.54, 1.807) is 55.4 Å². The van der Waals surface area contributed by atoms with E-state index in [0.29, 0.717) is 17.1 Å². The van der Waals surface area contributed by atoms with Crippen molar-refractivity contribution in [2.24, 2.45) is 7.05 Å². The van der Waals surface area contributed by atoms with Gasteiger partial charge in [0.25, 0.3) is 0 Å². The predicted molar refractivity (Wildman–Crippen MR) is 94.8 cm³/mol. The molecule has 8 heteroatoms. The van der Waals surface area contributed by atoms with Crippen LogP contribution in [0.15, 0.2) is 65.8 Å². The SMILES string of the molecule is COc1ccc(C(NS(=O)(=O)c2ccccc2F)c2nccn2C)cc1. The van der Waals surface area contributed by atoms with E-state index in [4.69, 9.17) is 4.74 Å². The van der Waals surface area contributed by atoms with Crippen molar-refractivity contribution >= 4 is 10.0 Å². The van der Waals surface area contributed by atoms with Gasteiger partial charge < -0.3 is 9.30 Å². The summed E-state index contributed by atoms with van der Waals surface area (Å²) in [6.07, 6.45) is 3.28. The zero-order chi connectivity index (χ0) is 18.7. The summed E-state index contributed by atoms with van der Waals surface area (Å²) >= 11 is 0. The minimum atomic E-state index is -4.11. The number of methoxy groups -OCH3 is 1. The summed E-state index contributed by atoms with van der Waals surface area (Å²) < 4.78 is 48.9. The number of aromatic nitrogens is 2. The highest BCUT2D eigenvalue weighted by Crippen LogP contribution is 2.25. The molecule has 1 unspecified atom stereocenters. The summed E-state index contributed by atoms with van der Waals surface area (Å²) in [5, 5.41) is 0. The van der Waals surface area contributed by atoms with Crippen LogP contribution in [0.25, 0.3) is 0 Å². The van der Waals surface area contributed by atoms with Gasteiger partial charge in [0.05, 0.1) is 7.11 Å². The first-order valence-electron chi connectivity index (χ1n) is 7.80. The van der Waals surface area contributed by atoms with E-state index < -0.39 is 26.8 Å². The van der Waals surface area contributed by atoms with Crippen LogP contribution in [0.1, 0.15) is 17.4 Å². The number of sulfonamides is 1. The van der Waals surface area contributed by atoms with Gasteiger partial charge in [-0.2, -0.15) is 4.72 Å². The van der Waals surface area contributed by atoms with Crippen LogP contribution in [0.2, 0.25) is 0 Å². The highest BCUT2D eigenvalue weighted by molar-refractivity contribution is 7.89. The summed E-state index contributed by atoms with van der Waals surface area (Å²) in [4.78, 5) is 3.84. The van der Waals surface area contributed by atoms with Gasteiger partial charge in [0.1, 0.15) is 28.3 Å². The fraction of sp³-hybridized carbons (Fsp3) is 0.167. The molecule has 1 aromatic heterocycles. The second-order valence-corrected chi connectivity index (χ2v) is 7.34. The van der Waals surface area contributed by atoms with E-state index in [0.717, 1.165) is 6.07 Å². The number of imidazole rings is 1. The number of nitrogens with zero attached hydrogens (tertiary/aromatic N) is 2. The summed E-state index contributed by atoms with van der Waals surface area (Å²) in [5.41, 5.74) is 0.653. The monoisotopic (exact) mass is 375 g/mol. The third kappa shape index (κ3) is 3.61. The summed E-state index contributed by atoms with van der Waals surface area (Å²) in [5.74, 6) is 0.313. The Bertz CT molecular complexity index is 1000. The lowest BCUT2D eigenvalue weighted by atomic mass is 10.1. The molecule has 3 rings (SSSR count). The van der Waals surface area contributed by atoms with Crippen LogP contribution in [-0.2, 0) is 17.1 Å². The van der Waals surface area contributed by atoms with Crippen molar-refractivity contribution in [3.63, 3.8) is 0 Å². The Kier molecular flexibility index (Phi) is 5.06. The van der Waals surface area contributed by atoms with E-state index in [1.807, 2.05) is 0 Å². The molecule has 0 amide bonds. The van der Waals surface area contributed by atoms with Gasteiger partial charge in [-0.05, 0) is 29.8 Å². The van der Waals surface area contributed by atoms with Gasteiger partial charge in [-0.3, -0.25) is 0 Å². The number of benzene rings is 2. The maximum atomic E-state index is 14.0.